The second kappa shape index (κ2) is 6.29. The Bertz CT molecular complexity index is 886. The fraction of sp³-hybridized carbons (Fsp3) is 0.235. The number of aryl methyl sites for hydroxylation is 1. The molecule has 1 aliphatic rings. The number of amides is 1. The molecule has 3 aromatic rings. The molecule has 0 aliphatic carbocycles. The van der Waals surface area contributed by atoms with Crippen LogP contribution < -0.4 is 4.74 Å². The summed E-state index contributed by atoms with van der Waals surface area (Å²) in [6, 6.07) is 7.77. The summed E-state index contributed by atoms with van der Waals surface area (Å²) in [5, 5.41) is 6.83. The lowest BCUT2D eigenvalue weighted by Crippen LogP contribution is -2.56. The zero-order chi connectivity index (χ0) is 17.4. The second-order valence-corrected chi connectivity index (χ2v) is 6.65. The zero-order valence-corrected chi connectivity index (χ0v) is 14.2. The fourth-order valence-electron chi connectivity index (χ4n) is 2.68. The molecule has 128 valence electrons. The van der Waals surface area contributed by atoms with Crippen LogP contribution in [0.1, 0.15) is 10.5 Å². The van der Waals surface area contributed by atoms with E-state index in [0.29, 0.717) is 29.7 Å². The summed E-state index contributed by atoms with van der Waals surface area (Å²) in [5.74, 6) is -0.398. The third-order valence-electron chi connectivity index (χ3n) is 4.05. The summed E-state index contributed by atoms with van der Waals surface area (Å²) in [6.45, 7) is 1.05. The highest BCUT2D eigenvalue weighted by atomic mass is 32.1. The van der Waals surface area contributed by atoms with Gasteiger partial charge in [-0.2, -0.15) is 5.10 Å². The number of aromatic nitrogens is 3. The molecule has 0 N–H and O–H groups in total. The molecule has 6 nitrogen and oxygen atoms in total. The smallest absolute Gasteiger partial charge is 0.273 e. The maximum atomic E-state index is 13.0. The highest BCUT2D eigenvalue weighted by molar-refractivity contribution is 7.11. The van der Waals surface area contributed by atoms with Crippen LogP contribution >= 0.6 is 11.3 Å². The Morgan fingerprint density at radius 3 is 2.76 bits per heavy atom. The summed E-state index contributed by atoms with van der Waals surface area (Å²) in [6.07, 6.45) is 1.66. The molecule has 1 fully saturated rings. The molecule has 2 aromatic heterocycles. The van der Waals surface area contributed by atoms with Crippen molar-refractivity contribution in [1.82, 2.24) is 19.7 Å². The first-order chi connectivity index (χ1) is 12.1. The molecule has 8 heteroatoms. The number of thiazole rings is 1. The number of rotatable bonds is 4. The third kappa shape index (κ3) is 3.12. The predicted molar refractivity (Wildman–Crippen MR) is 91.0 cm³/mol. The number of ether oxygens (including phenoxy) is 1. The van der Waals surface area contributed by atoms with Crippen molar-refractivity contribution in [3.63, 3.8) is 0 Å². The van der Waals surface area contributed by atoms with Gasteiger partial charge >= 0.3 is 0 Å². The molecule has 25 heavy (non-hydrogen) atoms. The van der Waals surface area contributed by atoms with Crippen LogP contribution in [0.25, 0.3) is 11.3 Å². The number of halogens is 1. The molecule has 1 saturated heterocycles. The van der Waals surface area contributed by atoms with Crippen molar-refractivity contribution >= 4 is 17.2 Å². The van der Waals surface area contributed by atoms with Crippen molar-refractivity contribution in [3.05, 3.63) is 53.4 Å². The van der Waals surface area contributed by atoms with Crippen molar-refractivity contribution in [2.75, 3.05) is 13.1 Å². The predicted octanol–water partition coefficient (Wildman–Crippen LogP) is 2.59. The number of likely N-dealkylation sites (tertiary alicyclic amines) is 1. The van der Waals surface area contributed by atoms with Crippen LogP contribution in [0.5, 0.6) is 5.19 Å². The van der Waals surface area contributed by atoms with Gasteiger partial charge in [-0.3, -0.25) is 9.48 Å². The van der Waals surface area contributed by atoms with Gasteiger partial charge in [0.05, 0.1) is 18.8 Å². The monoisotopic (exact) mass is 358 g/mol. The van der Waals surface area contributed by atoms with Crippen molar-refractivity contribution in [2.45, 2.75) is 6.10 Å². The maximum absolute atomic E-state index is 13.0. The minimum atomic E-state index is -0.303. The number of hydrogen-bond donors (Lipinski definition) is 0. The molecule has 1 amide bonds. The van der Waals surface area contributed by atoms with E-state index in [9.17, 15) is 9.18 Å². The van der Waals surface area contributed by atoms with Gasteiger partial charge in [-0.25, -0.2) is 9.37 Å². The summed E-state index contributed by atoms with van der Waals surface area (Å²) in [5.41, 5.74) is 1.90. The van der Waals surface area contributed by atoms with E-state index in [2.05, 4.69) is 10.1 Å². The summed E-state index contributed by atoms with van der Waals surface area (Å²) < 4.78 is 20.3. The largest absolute Gasteiger partial charge is 0.463 e. The summed E-state index contributed by atoms with van der Waals surface area (Å²) >= 11 is 1.43. The van der Waals surface area contributed by atoms with E-state index in [1.807, 2.05) is 5.38 Å². The molecule has 0 spiro atoms. The molecular weight excluding hydrogens is 343 g/mol. The summed E-state index contributed by atoms with van der Waals surface area (Å²) in [7, 11) is 1.73. The van der Waals surface area contributed by atoms with Crippen LogP contribution in [0, 0.1) is 5.82 Å². The van der Waals surface area contributed by atoms with Crippen molar-refractivity contribution < 1.29 is 13.9 Å². The highest BCUT2D eigenvalue weighted by Gasteiger charge is 2.34. The van der Waals surface area contributed by atoms with E-state index in [0.717, 1.165) is 5.56 Å². The van der Waals surface area contributed by atoms with Gasteiger partial charge in [-0.15, -0.1) is 0 Å². The van der Waals surface area contributed by atoms with E-state index in [-0.39, 0.29) is 17.8 Å². The van der Waals surface area contributed by atoms with E-state index >= 15 is 0 Å². The standard InChI is InChI=1S/C17H15FN4O2S/c1-21-15(8-14(20-21)11-2-4-12(18)5-3-11)16(23)22-9-13(10-22)24-17-19-6-7-25-17/h2-8,13H,9-10H2,1H3. The Labute approximate surface area is 147 Å². The maximum Gasteiger partial charge on any atom is 0.273 e. The molecule has 0 radical (unpaired) electrons. The Morgan fingerprint density at radius 1 is 1.32 bits per heavy atom. The molecule has 1 aliphatic heterocycles. The lowest BCUT2D eigenvalue weighted by molar-refractivity contribution is 0.0169. The average molecular weight is 358 g/mol. The van der Waals surface area contributed by atoms with Crippen LogP contribution in [0.4, 0.5) is 4.39 Å². The number of hydrogen-bond acceptors (Lipinski definition) is 5. The molecule has 0 atom stereocenters. The topological polar surface area (TPSA) is 60.2 Å². The number of carbonyl (C=O) groups is 1. The van der Waals surface area contributed by atoms with E-state index in [4.69, 9.17) is 4.74 Å². The van der Waals surface area contributed by atoms with E-state index < -0.39 is 0 Å². The van der Waals surface area contributed by atoms with Gasteiger partial charge in [0.15, 0.2) is 0 Å². The first kappa shape index (κ1) is 15.8. The fourth-order valence-corrected chi connectivity index (χ4v) is 3.23. The lowest BCUT2D eigenvalue weighted by Gasteiger charge is -2.38. The van der Waals surface area contributed by atoms with Crippen molar-refractivity contribution in [2.24, 2.45) is 7.05 Å². The minimum Gasteiger partial charge on any atom is -0.463 e. The van der Waals surface area contributed by atoms with E-state index in [1.165, 1.54) is 23.5 Å². The molecular formula is C17H15FN4O2S. The second-order valence-electron chi connectivity index (χ2n) is 5.79. The van der Waals surface area contributed by atoms with E-state index in [1.54, 1.807) is 41.0 Å². The quantitative estimate of drug-likeness (QED) is 0.719. The molecule has 3 heterocycles. The van der Waals surface area contributed by atoms with Crippen LogP contribution in [0.2, 0.25) is 0 Å². The molecule has 4 rings (SSSR count). The van der Waals surface area contributed by atoms with Gasteiger partial charge in [0, 0.05) is 24.2 Å². The highest BCUT2D eigenvalue weighted by Crippen LogP contribution is 2.24. The molecule has 0 saturated carbocycles. The lowest BCUT2D eigenvalue weighted by atomic mass is 10.1. The average Bonchev–Trinajstić information content (AvgIpc) is 3.20. The van der Waals surface area contributed by atoms with Gasteiger partial charge in [0.25, 0.3) is 11.1 Å². The van der Waals surface area contributed by atoms with Crippen LogP contribution in [-0.4, -0.2) is 44.8 Å². The van der Waals surface area contributed by atoms with Gasteiger partial charge < -0.3 is 9.64 Å². The van der Waals surface area contributed by atoms with Crippen molar-refractivity contribution in [1.29, 1.82) is 0 Å². The first-order valence-electron chi connectivity index (χ1n) is 7.75. The van der Waals surface area contributed by atoms with Gasteiger partial charge in [0.2, 0.25) is 0 Å². The first-order valence-corrected chi connectivity index (χ1v) is 8.63. The van der Waals surface area contributed by atoms with Crippen LogP contribution in [-0.2, 0) is 7.05 Å². The van der Waals surface area contributed by atoms with Crippen LogP contribution in [0.3, 0.4) is 0 Å². The van der Waals surface area contributed by atoms with Gasteiger partial charge in [0.1, 0.15) is 17.6 Å². The van der Waals surface area contributed by atoms with Crippen molar-refractivity contribution in [3.8, 4) is 16.5 Å². The van der Waals surface area contributed by atoms with Gasteiger partial charge in [-0.1, -0.05) is 11.3 Å². The number of carbonyl (C=O) groups excluding carboxylic acids is 1. The SMILES string of the molecule is Cn1nc(-c2ccc(F)cc2)cc1C(=O)N1CC(Oc2nccs2)C1. The third-order valence-corrected chi connectivity index (χ3v) is 4.71. The molecule has 1 aromatic carbocycles. The number of nitrogens with zero attached hydrogens (tertiary/aromatic N) is 4. The molecule has 0 bridgehead atoms. The Morgan fingerprint density at radius 2 is 2.08 bits per heavy atom. The normalized spacial score (nSPS) is 14.4. The minimum absolute atomic E-state index is 0.0279. The Kier molecular flexibility index (Phi) is 3.96. The molecule has 0 unspecified atom stereocenters. The zero-order valence-electron chi connectivity index (χ0n) is 13.4. The Hall–Kier alpha value is -2.74. The number of benzene rings is 1. The Balaban J connectivity index is 1.44. The van der Waals surface area contributed by atoms with Gasteiger partial charge in [-0.05, 0) is 30.3 Å². The summed E-state index contributed by atoms with van der Waals surface area (Å²) in [4.78, 5) is 18.4. The van der Waals surface area contributed by atoms with Crippen LogP contribution in [0.15, 0.2) is 41.9 Å².